The molecule has 2 aromatic heterocycles. The topological polar surface area (TPSA) is 73.1 Å². The third-order valence-electron chi connectivity index (χ3n) is 4.53. The molecular weight excluding hydrogens is 366 g/mol. The van der Waals surface area contributed by atoms with Gasteiger partial charge in [0.2, 0.25) is 5.95 Å². The third kappa shape index (κ3) is 3.70. The highest BCUT2D eigenvalue weighted by Gasteiger charge is 2.25. The molecule has 0 spiro atoms. The molecule has 1 unspecified atom stereocenters. The molecule has 0 bridgehead atoms. The summed E-state index contributed by atoms with van der Waals surface area (Å²) in [5.74, 6) is 0.589. The molecule has 7 nitrogen and oxygen atoms in total. The predicted octanol–water partition coefficient (Wildman–Crippen LogP) is 2.47. The van der Waals surface area contributed by atoms with E-state index in [0.717, 1.165) is 5.56 Å². The lowest BCUT2D eigenvalue weighted by Gasteiger charge is -2.34. The van der Waals surface area contributed by atoms with E-state index in [9.17, 15) is 4.79 Å². The van der Waals surface area contributed by atoms with Crippen LogP contribution in [0.2, 0.25) is 5.02 Å². The van der Waals surface area contributed by atoms with Gasteiger partial charge in [-0.3, -0.25) is 9.36 Å². The van der Waals surface area contributed by atoms with E-state index in [4.69, 9.17) is 16.3 Å². The SMILES string of the molecule is Cn1c(N2CCOC(c3cccc(Cl)c3)C2)nc(-c2ccncn2)cc1=O. The molecule has 1 fully saturated rings. The van der Waals surface area contributed by atoms with Crippen LogP contribution in [0, 0.1) is 0 Å². The first-order valence-corrected chi connectivity index (χ1v) is 8.96. The molecule has 0 N–H and O–H groups in total. The number of halogens is 1. The largest absolute Gasteiger partial charge is 0.370 e. The summed E-state index contributed by atoms with van der Waals surface area (Å²) in [4.78, 5) is 27.3. The summed E-state index contributed by atoms with van der Waals surface area (Å²) in [5, 5.41) is 0.671. The quantitative estimate of drug-likeness (QED) is 0.691. The highest BCUT2D eigenvalue weighted by atomic mass is 35.5. The van der Waals surface area contributed by atoms with Crippen molar-refractivity contribution in [1.29, 1.82) is 0 Å². The van der Waals surface area contributed by atoms with E-state index in [0.29, 0.717) is 42.1 Å². The minimum atomic E-state index is -0.142. The van der Waals surface area contributed by atoms with Gasteiger partial charge in [-0.1, -0.05) is 23.7 Å². The molecule has 3 aromatic rings. The van der Waals surface area contributed by atoms with Crippen LogP contribution in [-0.4, -0.2) is 39.2 Å². The van der Waals surface area contributed by atoms with Crippen LogP contribution >= 0.6 is 11.6 Å². The average molecular weight is 384 g/mol. The van der Waals surface area contributed by atoms with Gasteiger partial charge in [-0.15, -0.1) is 0 Å². The Kier molecular flexibility index (Phi) is 4.87. The second-order valence-corrected chi connectivity index (χ2v) is 6.73. The van der Waals surface area contributed by atoms with Gasteiger partial charge in [-0.05, 0) is 23.8 Å². The van der Waals surface area contributed by atoms with E-state index in [2.05, 4.69) is 19.9 Å². The van der Waals surface area contributed by atoms with Gasteiger partial charge in [-0.2, -0.15) is 0 Å². The first-order valence-electron chi connectivity index (χ1n) is 8.58. The van der Waals surface area contributed by atoms with E-state index < -0.39 is 0 Å². The van der Waals surface area contributed by atoms with Crippen LogP contribution in [0.5, 0.6) is 0 Å². The molecule has 27 heavy (non-hydrogen) atoms. The molecule has 0 saturated carbocycles. The van der Waals surface area contributed by atoms with Crippen molar-refractivity contribution in [2.75, 3.05) is 24.6 Å². The molecule has 8 heteroatoms. The molecule has 3 heterocycles. The summed E-state index contributed by atoms with van der Waals surface area (Å²) in [7, 11) is 1.72. The number of benzene rings is 1. The number of nitrogens with zero attached hydrogens (tertiary/aromatic N) is 5. The van der Waals surface area contributed by atoms with Crippen LogP contribution < -0.4 is 10.5 Å². The van der Waals surface area contributed by atoms with Crippen molar-refractivity contribution in [3.05, 3.63) is 69.9 Å². The van der Waals surface area contributed by atoms with Crippen LogP contribution in [0.25, 0.3) is 11.4 Å². The number of morpholine rings is 1. The number of rotatable bonds is 3. The molecule has 1 aliphatic rings. The van der Waals surface area contributed by atoms with Gasteiger partial charge in [0.1, 0.15) is 12.4 Å². The normalized spacial score (nSPS) is 17.1. The molecule has 1 atom stereocenters. The maximum atomic E-state index is 12.5. The molecule has 0 aliphatic carbocycles. The first-order chi connectivity index (χ1) is 13.1. The fourth-order valence-electron chi connectivity index (χ4n) is 3.12. The zero-order valence-corrected chi connectivity index (χ0v) is 15.5. The lowest BCUT2D eigenvalue weighted by atomic mass is 10.1. The van der Waals surface area contributed by atoms with Crippen molar-refractivity contribution in [3.8, 4) is 11.4 Å². The molecule has 0 amide bonds. The fraction of sp³-hybridized carbons (Fsp3) is 0.263. The van der Waals surface area contributed by atoms with Gasteiger partial charge in [-0.25, -0.2) is 15.0 Å². The smallest absolute Gasteiger partial charge is 0.255 e. The minimum absolute atomic E-state index is 0.139. The summed E-state index contributed by atoms with van der Waals surface area (Å²) >= 11 is 6.11. The van der Waals surface area contributed by atoms with Gasteiger partial charge in [0, 0.05) is 30.9 Å². The summed E-state index contributed by atoms with van der Waals surface area (Å²) < 4.78 is 7.47. The average Bonchev–Trinajstić information content (AvgIpc) is 2.71. The Morgan fingerprint density at radius 2 is 2.11 bits per heavy atom. The highest BCUT2D eigenvalue weighted by Crippen LogP contribution is 2.27. The van der Waals surface area contributed by atoms with Crippen LogP contribution in [-0.2, 0) is 11.8 Å². The zero-order chi connectivity index (χ0) is 18.8. The van der Waals surface area contributed by atoms with Gasteiger partial charge < -0.3 is 9.64 Å². The molecule has 1 aromatic carbocycles. The summed E-state index contributed by atoms with van der Waals surface area (Å²) in [6, 6.07) is 10.9. The van der Waals surface area contributed by atoms with Crippen LogP contribution in [0.15, 0.2) is 53.7 Å². The van der Waals surface area contributed by atoms with E-state index >= 15 is 0 Å². The lowest BCUT2D eigenvalue weighted by molar-refractivity contribution is 0.0390. The highest BCUT2D eigenvalue weighted by molar-refractivity contribution is 6.30. The molecule has 138 valence electrons. The second-order valence-electron chi connectivity index (χ2n) is 6.29. The van der Waals surface area contributed by atoms with E-state index in [1.165, 1.54) is 12.4 Å². The maximum absolute atomic E-state index is 12.5. The van der Waals surface area contributed by atoms with Crippen molar-refractivity contribution in [2.24, 2.45) is 7.05 Å². The van der Waals surface area contributed by atoms with E-state index in [1.54, 1.807) is 23.9 Å². The number of hydrogen-bond donors (Lipinski definition) is 0. The monoisotopic (exact) mass is 383 g/mol. The van der Waals surface area contributed by atoms with Gasteiger partial charge in [0.05, 0.1) is 24.5 Å². The summed E-state index contributed by atoms with van der Waals surface area (Å²) in [6.07, 6.45) is 2.93. The van der Waals surface area contributed by atoms with Crippen LogP contribution in [0.4, 0.5) is 5.95 Å². The Labute approximate surface area is 161 Å². The van der Waals surface area contributed by atoms with Crippen LogP contribution in [0.1, 0.15) is 11.7 Å². The van der Waals surface area contributed by atoms with Gasteiger partial charge in [0.15, 0.2) is 0 Å². The zero-order valence-electron chi connectivity index (χ0n) is 14.7. The van der Waals surface area contributed by atoms with Crippen molar-refractivity contribution in [2.45, 2.75) is 6.10 Å². The Bertz CT molecular complexity index is 1010. The second kappa shape index (κ2) is 7.46. The molecule has 1 aliphatic heterocycles. The standard InChI is InChI=1S/C19H18ClN5O2/c1-24-18(26)10-16(15-5-6-21-12-22-15)23-19(24)25-7-8-27-17(11-25)13-3-2-4-14(20)9-13/h2-6,9-10,12,17H,7-8,11H2,1H3. The van der Waals surface area contributed by atoms with Crippen molar-refractivity contribution < 1.29 is 4.74 Å². The molecular formula is C19H18ClN5O2. The summed E-state index contributed by atoms with van der Waals surface area (Å²) in [6.45, 7) is 1.75. The number of aromatic nitrogens is 4. The van der Waals surface area contributed by atoms with Gasteiger partial charge in [0.25, 0.3) is 5.56 Å². The predicted molar refractivity (Wildman–Crippen MR) is 103 cm³/mol. The molecule has 4 rings (SSSR count). The van der Waals surface area contributed by atoms with Crippen molar-refractivity contribution >= 4 is 17.5 Å². The number of anilines is 1. The Morgan fingerprint density at radius 1 is 1.22 bits per heavy atom. The fourth-order valence-corrected chi connectivity index (χ4v) is 3.32. The Balaban J connectivity index is 1.68. The van der Waals surface area contributed by atoms with E-state index in [1.807, 2.05) is 24.3 Å². The van der Waals surface area contributed by atoms with Crippen molar-refractivity contribution in [3.63, 3.8) is 0 Å². The van der Waals surface area contributed by atoms with Gasteiger partial charge >= 0.3 is 0 Å². The number of ether oxygens (including phenoxy) is 1. The van der Waals surface area contributed by atoms with E-state index in [-0.39, 0.29) is 11.7 Å². The van der Waals surface area contributed by atoms with Crippen LogP contribution in [0.3, 0.4) is 0 Å². The Hall–Kier alpha value is -2.77. The Morgan fingerprint density at radius 3 is 2.89 bits per heavy atom. The van der Waals surface area contributed by atoms with Crippen molar-refractivity contribution in [1.82, 2.24) is 19.5 Å². The lowest BCUT2D eigenvalue weighted by Crippen LogP contribution is -2.41. The minimum Gasteiger partial charge on any atom is -0.370 e. The number of hydrogen-bond acceptors (Lipinski definition) is 6. The maximum Gasteiger partial charge on any atom is 0.255 e. The summed E-state index contributed by atoms with van der Waals surface area (Å²) in [5.41, 5.74) is 2.01. The molecule has 1 saturated heterocycles. The first kappa shape index (κ1) is 17.6. The molecule has 0 radical (unpaired) electrons. The third-order valence-corrected chi connectivity index (χ3v) is 4.76.